The van der Waals surface area contributed by atoms with Gasteiger partial charge in [-0.15, -0.1) is 0 Å². The van der Waals surface area contributed by atoms with Crippen LogP contribution in [0.15, 0.2) is 65.9 Å². The molecule has 5 nitrogen and oxygen atoms in total. The number of aliphatic hydroxyl groups is 1. The van der Waals surface area contributed by atoms with Crippen molar-refractivity contribution in [1.82, 2.24) is 0 Å². The lowest BCUT2D eigenvalue weighted by atomic mass is 9.82. The third kappa shape index (κ3) is 3.21. The number of hydrogen-bond acceptors (Lipinski definition) is 4. The molecule has 0 fully saturated rings. The number of carbonyl (C=O) groups is 2. The van der Waals surface area contributed by atoms with Gasteiger partial charge in [-0.25, -0.2) is 0 Å². The number of amides is 1. The lowest BCUT2D eigenvalue weighted by molar-refractivity contribution is -0.123. The molecule has 27 heavy (non-hydrogen) atoms. The minimum absolute atomic E-state index is 0.115. The Labute approximate surface area is 158 Å². The van der Waals surface area contributed by atoms with E-state index in [1.54, 1.807) is 45.0 Å². The van der Waals surface area contributed by atoms with Crippen molar-refractivity contribution in [2.75, 3.05) is 12.0 Å². The quantitative estimate of drug-likeness (QED) is 0.881. The van der Waals surface area contributed by atoms with Gasteiger partial charge in [-0.2, -0.15) is 0 Å². The highest BCUT2D eigenvalue weighted by atomic mass is 16.5. The predicted molar refractivity (Wildman–Crippen MR) is 104 cm³/mol. The number of nitrogens with zero attached hydrogens (tertiary/aromatic N) is 1. The van der Waals surface area contributed by atoms with Gasteiger partial charge in [-0.1, -0.05) is 63.2 Å². The molecular weight excluding hydrogens is 342 g/mol. The number of para-hydroxylation sites is 2. The third-order valence-corrected chi connectivity index (χ3v) is 4.59. The van der Waals surface area contributed by atoms with Crippen LogP contribution in [0.25, 0.3) is 0 Å². The molecule has 3 rings (SSSR count). The summed E-state index contributed by atoms with van der Waals surface area (Å²) in [5.74, 6) is -0.890. The van der Waals surface area contributed by atoms with Crippen LogP contribution in [-0.2, 0) is 9.59 Å². The van der Waals surface area contributed by atoms with Crippen LogP contribution < -0.4 is 9.64 Å². The molecule has 1 amide bonds. The molecule has 1 aliphatic rings. The van der Waals surface area contributed by atoms with E-state index in [9.17, 15) is 14.7 Å². The van der Waals surface area contributed by atoms with E-state index in [-0.39, 0.29) is 11.4 Å². The van der Waals surface area contributed by atoms with Gasteiger partial charge in [0.05, 0.1) is 24.4 Å². The van der Waals surface area contributed by atoms with E-state index in [0.717, 1.165) is 5.56 Å². The van der Waals surface area contributed by atoms with Crippen LogP contribution in [0.2, 0.25) is 0 Å². The van der Waals surface area contributed by atoms with E-state index in [1.165, 1.54) is 12.0 Å². The second-order valence-electron chi connectivity index (χ2n) is 7.50. The maximum Gasteiger partial charge on any atom is 0.294 e. The Morgan fingerprint density at radius 2 is 1.63 bits per heavy atom. The predicted octanol–water partition coefficient (Wildman–Crippen LogP) is 4.21. The van der Waals surface area contributed by atoms with E-state index in [4.69, 9.17) is 4.74 Å². The molecule has 1 aliphatic heterocycles. The number of aliphatic hydroxyl groups excluding tert-OH is 1. The highest BCUT2D eigenvalue weighted by molar-refractivity contribution is 6.17. The molecule has 1 unspecified atom stereocenters. The highest BCUT2D eigenvalue weighted by Crippen LogP contribution is 2.45. The molecule has 0 radical (unpaired) electrons. The first-order valence-electron chi connectivity index (χ1n) is 8.77. The summed E-state index contributed by atoms with van der Waals surface area (Å²) in [4.78, 5) is 27.6. The van der Waals surface area contributed by atoms with Crippen molar-refractivity contribution in [2.45, 2.75) is 26.8 Å². The van der Waals surface area contributed by atoms with Crippen molar-refractivity contribution < 1.29 is 19.4 Å². The summed E-state index contributed by atoms with van der Waals surface area (Å²) >= 11 is 0. The van der Waals surface area contributed by atoms with Gasteiger partial charge in [0.1, 0.15) is 5.75 Å². The third-order valence-electron chi connectivity index (χ3n) is 4.59. The minimum atomic E-state index is -0.743. The van der Waals surface area contributed by atoms with E-state index >= 15 is 0 Å². The lowest BCUT2D eigenvalue weighted by Crippen LogP contribution is -2.33. The first kappa shape index (κ1) is 18.7. The summed E-state index contributed by atoms with van der Waals surface area (Å²) in [7, 11) is 1.52. The van der Waals surface area contributed by atoms with Gasteiger partial charge in [0.2, 0.25) is 0 Å². The van der Waals surface area contributed by atoms with Crippen LogP contribution in [0.3, 0.4) is 0 Å². The maximum atomic E-state index is 13.1. The van der Waals surface area contributed by atoms with Crippen molar-refractivity contribution in [3.05, 3.63) is 71.5 Å². The maximum absolute atomic E-state index is 13.1. The number of benzene rings is 2. The molecule has 1 heterocycles. The number of ketones is 1. The Hall–Kier alpha value is -3.08. The largest absolute Gasteiger partial charge is 0.503 e. The summed E-state index contributed by atoms with van der Waals surface area (Å²) in [6, 6.07) is 15.6. The number of ether oxygens (including phenoxy) is 1. The number of carbonyl (C=O) groups excluding carboxylic acids is 2. The molecule has 0 aromatic heterocycles. The molecule has 2 aromatic carbocycles. The van der Waals surface area contributed by atoms with Gasteiger partial charge in [0.25, 0.3) is 5.91 Å². The molecule has 1 N–H and O–H groups in total. The van der Waals surface area contributed by atoms with Crippen LogP contribution in [-0.4, -0.2) is 23.9 Å². The van der Waals surface area contributed by atoms with E-state index in [0.29, 0.717) is 11.4 Å². The van der Waals surface area contributed by atoms with Crippen molar-refractivity contribution in [3.8, 4) is 5.75 Å². The van der Waals surface area contributed by atoms with Crippen molar-refractivity contribution in [1.29, 1.82) is 0 Å². The number of methoxy groups -OCH3 is 1. The van der Waals surface area contributed by atoms with E-state index in [2.05, 4.69) is 0 Å². The summed E-state index contributed by atoms with van der Waals surface area (Å²) in [5.41, 5.74) is 0.619. The van der Waals surface area contributed by atoms with E-state index in [1.807, 2.05) is 30.3 Å². The second-order valence-corrected chi connectivity index (χ2v) is 7.50. The normalized spacial score (nSPS) is 17.4. The average molecular weight is 365 g/mol. The lowest BCUT2D eigenvalue weighted by Gasteiger charge is -2.29. The molecule has 0 bridgehead atoms. The summed E-state index contributed by atoms with van der Waals surface area (Å²) in [6.07, 6.45) is 0. The van der Waals surface area contributed by atoms with Gasteiger partial charge in [0.15, 0.2) is 11.5 Å². The topological polar surface area (TPSA) is 66.8 Å². The van der Waals surface area contributed by atoms with Crippen molar-refractivity contribution in [3.63, 3.8) is 0 Å². The Bertz CT molecular complexity index is 909. The summed E-state index contributed by atoms with van der Waals surface area (Å²) < 4.78 is 5.41. The Balaban J connectivity index is 2.23. The van der Waals surface area contributed by atoms with Gasteiger partial charge in [-0.3, -0.25) is 14.5 Å². The number of Topliss-reactive ketones (excluding diaryl/α,β-unsaturated/α-hetero) is 1. The fourth-order valence-electron chi connectivity index (χ4n) is 3.27. The molecule has 2 aromatic rings. The molecule has 0 saturated heterocycles. The van der Waals surface area contributed by atoms with E-state index < -0.39 is 23.1 Å². The Kier molecular flexibility index (Phi) is 4.79. The standard InChI is InChI=1S/C22H23NO4/c1-22(2,3)20(25)17-18(14-10-6-5-7-11-14)23(21(26)19(17)24)15-12-8-9-13-16(15)27-4/h5-13,18,24H,1-4H3. The molecular formula is C22H23NO4. The number of hydrogen-bond donors (Lipinski definition) is 1. The summed E-state index contributed by atoms with van der Waals surface area (Å²) in [6.45, 7) is 5.32. The van der Waals surface area contributed by atoms with Crippen LogP contribution in [0.4, 0.5) is 5.69 Å². The summed E-state index contributed by atoms with van der Waals surface area (Å²) in [5, 5.41) is 10.6. The van der Waals surface area contributed by atoms with Gasteiger partial charge in [-0.05, 0) is 17.7 Å². The van der Waals surface area contributed by atoms with Crippen molar-refractivity contribution in [2.24, 2.45) is 5.41 Å². The van der Waals surface area contributed by atoms with Gasteiger partial charge in [0, 0.05) is 5.41 Å². The first-order valence-corrected chi connectivity index (χ1v) is 8.77. The molecule has 140 valence electrons. The fraction of sp³-hybridized carbons (Fsp3) is 0.273. The van der Waals surface area contributed by atoms with Crippen molar-refractivity contribution >= 4 is 17.4 Å². The van der Waals surface area contributed by atoms with Crippen LogP contribution in [0, 0.1) is 5.41 Å². The SMILES string of the molecule is COc1ccccc1N1C(=O)C(O)=C(C(=O)C(C)(C)C)C1c1ccccc1. The zero-order chi connectivity index (χ0) is 19.8. The van der Waals surface area contributed by atoms with Crippen LogP contribution >= 0.6 is 0 Å². The molecule has 0 saturated carbocycles. The first-order chi connectivity index (χ1) is 12.8. The number of anilines is 1. The fourth-order valence-corrected chi connectivity index (χ4v) is 3.27. The van der Waals surface area contributed by atoms with Gasteiger partial charge >= 0.3 is 0 Å². The highest BCUT2D eigenvalue weighted by Gasteiger charge is 2.47. The van der Waals surface area contributed by atoms with Crippen LogP contribution in [0.5, 0.6) is 5.75 Å². The average Bonchev–Trinajstić information content (AvgIpc) is 2.92. The molecule has 0 spiro atoms. The monoisotopic (exact) mass is 365 g/mol. The van der Waals surface area contributed by atoms with Crippen LogP contribution in [0.1, 0.15) is 32.4 Å². The molecule has 1 atom stereocenters. The zero-order valence-corrected chi connectivity index (χ0v) is 15.9. The second kappa shape index (κ2) is 6.91. The number of rotatable bonds is 4. The minimum Gasteiger partial charge on any atom is -0.503 e. The molecule has 0 aliphatic carbocycles. The zero-order valence-electron chi connectivity index (χ0n) is 15.9. The van der Waals surface area contributed by atoms with Gasteiger partial charge < -0.3 is 9.84 Å². The Morgan fingerprint density at radius 3 is 2.22 bits per heavy atom. The smallest absolute Gasteiger partial charge is 0.294 e. The molecule has 5 heteroatoms. The Morgan fingerprint density at radius 1 is 1.04 bits per heavy atom.